The van der Waals surface area contributed by atoms with E-state index >= 15 is 0 Å². The van der Waals surface area contributed by atoms with Crippen LogP contribution in [0.5, 0.6) is 0 Å². The Labute approximate surface area is 231 Å². The van der Waals surface area contributed by atoms with E-state index in [9.17, 15) is 0 Å². The van der Waals surface area contributed by atoms with Gasteiger partial charge in [-0.15, -0.1) is 0 Å². The highest BCUT2D eigenvalue weighted by Crippen LogP contribution is 2.53. The minimum Gasteiger partial charge on any atom is -0.0654 e. The van der Waals surface area contributed by atoms with Gasteiger partial charge < -0.3 is 0 Å². The monoisotopic (exact) mass is 500 g/mol. The lowest BCUT2D eigenvalue weighted by atomic mass is 9.71. The van der Waals surface area contributed by atoms with Gasteiger partial charge in [-0.1, -0.05) is 156 Å². The number of fused-ring (bicyclic) bond motifs is 6. The van der Waals surface area contributed by atoms with E-state index < -0.39 is 0 Å². The maximum atomic E-state index is 2.38. The van der Waals surface area contributed by atoms with E-state index in [1.807, 2.05) is 0 Å². The van der Waals surface area contributed by atoms with E-state index in [2.05, 4.69) is 118 Å². The average molecular weight is 501 g/mol. The molecule has 38 heavy (non-hydrogen) atoms. The number of rotatable bonds is 9. The molecule has 196 valence electrons. The van der Waals surface area contributed by atoms with Crippen LogP contribution in [0.3, 0.4) is 0 Å². The summed E-state index contributed by atoms with van der Waals surface area (Å²) in [6.07, 6.45) is 11.6. The van der Waals surface area contributed by atoms with Crippen molar-refractivity contribution < 1.29 is 0 Å². The minimum atomic E-state index is 0.263. The molecule has 0 fully saturated rings. The summed E-state index contributed by atoms with van der Waals surface area (Å²) in [7, 11) is 0. The Morgan fingerprint density at radius 3 is 1.32 bits per heavy atom. The van der Waals surface area contributed by atoms with Crippen molar-refractivity contribution in [1.82, 2.24) is 0 Å². The minimum absolute atomic E-state index is 0.263. The first kappa shape index (κ1) is 26.5. The quantitative estimate of drug-likeness (QED) is 0.214. The van der Waals surface area contributed by atoms with Crippen molar-refractivity contribution in [3.05, 3.63) is 119 Å². The fraction of sp³-hybridized carbons (Fsp3) is 0.368. The molecule has 0 N–H and O–H groups in total. The van der Waals surface area contributed by atoms with Crippen LogP contribution in [0.25, 0.3) is 22.3 Å². The third kappa shape index (κ3) is 4.86. The van der Waals surface area contributed by atoms with Gasteiger partial charge in [0.1, 0.15) is 0 Å². The number of hydrogen-bond acceptors (Lipinski definition) is 0. The summed E-state index contributed by atoms with van der Waals surface area (Å²) in [5.41, 5.74) is 12.3. The maximum Gasteiger partial charge on any atom is 0.0215 e. The van der Waals surface area contributed by atoms with Gasteiger partial charge in [0, 0.05) is 11.3 Å². The predicted molar refractivity (Wildman–Crippen MR) is 165 cm³/mol. The largest absolute Gasteiger partial charge is 0.0654 e. The molecule has 6 rings (SSSR count). The van der Waals surface area contributed by atoms with E-state index in [1.165, 1.54) is 91.2 Å². The molecule has 0 nitrogen and oxygen atoms in total. The fourth-order valence-electron chi connectivity index (χ4n) is 7.02. The summed E-state index contributed by atoms with van der Waals surface area (Å²) in [5, 5.41) is 0. The Morgan fingerprint density at radius 2 is 0.868 bits per heavy atom. The standard InChI is InChI=1S/C21H26.C17H18/c1-3-5-15-21(16-6-4-2)19-13-9-7-11-17(19)18-12-8-10-14-20(18)21;1-2-3-8-13-14-9-4-6-11-16(14)17-12-7-5-10-15(13)17/h7-14H,3-6,15-16H2,1-2H3;4-7,9-13H,2-3,8H2,1H3. The SMILES string of the molecule is CCCCC1(CCCC)c2ccccc2-c2ccccc21.CCCCC1c2ccccc2-c2ccccc21. The number of unbranched alkanes of at least 4 members (excludes halogenated alkanes) is 3. The highest BCUT2D eigenvalue weighted by Gasteiger charge is 2.41. The molecule has 0 atom stereocenters. The summed E-state index contributed by atoms with van der Waals surface area (Å²) < 4.78 is 0. The molecule has 0 amide bonds. The van der Waals surface area contributed by atoms with Crippen molar-refractivity contribution in [2.24, 2.45) is 0 Å². The van der Waals surface area contributed by atoms with Crippen molar-refractivity contribution in [2.75, 3.05) is 0 Å². The van der Waals surface area contributed by atoms with Crippen molar-refractivity contribution >= 4 is 0 Å². The van der Waals surface area contributed by atoms with Crippen LogP contribution in [-0.4, -0.2) is 0 Å². The zero-order valence-corrected chi connectivity index (χ0v) is 23.7. The second-order valence-corrected chi connectivity index (χ2v) is 11.2. The van der Waals surface area contributed by atoms with Gasteiger partial charge in [0.25, 0.3) is 0 Å². The third-order valence-electron chi connectivity index (χ3n) is 8.90. The molecule has 4 aromatic carbocycles. The van der Waals surface area contributed by atoms with Crippen LogP contribution in [-0.2, 0) is 5.41 Å². The maximum absolute atomic E-state index is 2.38. The van der Waals surface area contributed by atoms with Gasteiger partial charge in [0.2, 0.25) is 0 Å². The molecular weight excluding hydrogens is 456 g/mol. The van der Waals surface area contributed by atoms with E-state index in [0.717, 1.165) is 0 Å². The van der Waals surface area contributed by atoms with E-state index in [0.29, 0.717) is 5.92 Å². The molecule has 0 heterocycles. The summed E-state index contributed by atoms with van der Waals surface area (Å²) in [5.74, 6) is 0.627. The van der Waals surface area contributed by atoms with Crippen molar-refractivity contribution in [3.8, 4) is 22.3 Å². The molecule has 0 aliphatic heterocycles. The molecule has 0 heteroatoms. The molecule has 0 saturated carbocycles. The first-order valence-corrected chi connectivity index (χ1v) is 15.1. The van der Waals surface area contributed by atoms with Gasteiger partial charge >= 0.3 is 0 Å². The van der Waals surface area contributed by atoms with Gasteiger partial charge in [-0.2, -0.15) is 0 Å². The van der Waals surface area contributed by atoms with E-state index in [4.69, 9.17) is 0 Å². The highest BCUT2D eigenvalue weighted by atomic mass is 14.4. The summed E-state index contributed by atoms with van der Waals surface area (Å²) in [6, 6.07) is 36.0. The van der Waals surface area contributed by atoms with Crippen LogP contribution in [0.1, 0.15) is 107 Å². The first-order valence-electron chi connectivity index (χ1n) is 15.1. The van der Waals surface area contributed by atoms with Crippen LogP contribution < -0.4 is 0 Å². The lowest BCUT2D eigenvalue weighted by Gasteiger charge is -2.32. The smallest absolute Gasteiger partial charge is 0.0215 e. The molecule has 2 aliphatic rings. The molecule has 4 aromatic rings. The van der Waals surface area contributed by atoms with Gasteiger partial charge in [-0.05, 0) is 63.8 Å². The lowest BCUT2D eigenvalue weighted by molar-refractivity contribution is 0.414. The van der Waals surface area contributed by atoms with Crippen LogP contribution >= 0.6 is 0 Å². The Balaban J connectivity index is 0.000000158. The zero-order chi connectivity index (χ0) is 26.4. The van der Waals surface area contributed by atoms with Crippen molar-refractivity contribution in [3.63, 3.8) is 0 Å². The predicted octanol–water partition coefficient (Wildman–Crippen LogP) is 11.3. The van der Waals surface area contributed by atoms with Crippen molar-refractivity contribution in [2.45, 2.75) is 89.9 Å². The Bertz CT molecular complexity index is 1240. The van der Waals surface area contributed by atoms with Gasteiger partial charge in [-0.25, -0.2) is 0 Å². The lowest BCUT2D eigenvalue weighted by Crippen LogP contribution is -2.25. The van der Waals surface area contributed by atoms with Gasteiger partial charge in [0.15, 0.2) is 0 Å². The topological polar surface area (TPSA) is 0 Å². The molecule has 0 spiro atoms. The van der Waals surface area contributed by atoms with E-state index in [1.54, 1.807) is 11.1 Å². The molecule has 0 radical (unpaired) electrons. The summed E-state index contributed by atoms with van der Waals surface area (Å²) >= 11 is 0. The van der Waals surface area contributed by atoms with Crippen LogP contribution in [0, 0.1) is 0 Å². The first-order chi connectivity index (χ1) is 18.7. The van der Waals surface area contributed by atoms with E-state index in [-0.39, 0.29) is 5.41 Å². The number of benzene rings is 4. The summed E-state index contributed by atoms with van der Waals surface area (Å²) in [4.78, 5) is 0. The molecule has 0 unspecified atom stereocenters. The molecule has 2 aliphatic carbocycles. The normalized spacial score (nSPS) is 14.2. The molecule has 0 saturated heterocycles. The van der Waals surface area contributed by atoms with Crippen molar-refractivity contribution in [1.29, 1.82) is 0 Å². The third-order valence-corrected chi connectivity index (χ3v) is 8.90. The fourth-order valence-corrected chi connectivity index (χ4v) is 7.02. The number of hydrogen-bond donors (Lipinski definition) is 0. The van der Waals surface area contributed by atoms with Crippen LogP contribution in [0.4, 0.5) is 0 Å². The van der Waals surface area contributed by atoms with Gasteiger partial charge in [-0.3, -0.25) is 0 Å². The molecule has 0 bridgehead atoms. The second kappa shape index (κ2) is 12.2. The Hall–Kier alpha value is -3.12. The Morgan fingerprint density at radius 1 is 0.474 bits per heavy atom. The van der Waals surface area contributed by atoms with Gasteiger partial charge in [0.05, 0.1) is 0 Å². The average Bonchev–Trinajstić information content (AvgIpc) is 3.45. The van der Waals surface area contributed by atoms with Crippen LogP contribution in [0.15, 0.2) is 97.1 Å². The molecule has 0 aromatic heterocycles. The second-order valence-electron chi connectivity index (χ2n) is 11.2. The Kier molecular flexibility index (Phi) is 8.48. The zero-order valence-electron chi connectivity index (χ0n) is 23.7. The summed E-state index contributed by atoms with van der Waals surface area (Å²) in [6.45, 7) is 6.88. The molecular formula is C38H44. The highest BCUT2D eigenvalue weighted by molar-refractivity contribution is 5.81. The van der Waals surface area contributed by atoms with Crippen LogP contribution in [0.2, 0.25) is 0 Å².